The molecular formula is C13H18N2O2. The highest BCUT2D eigenvalue weighted by molar-refractivity contribution is 5.91. The molecule has 1 aromatic rings. The van der Waals surface area contributed by atoms with Crippen LogP contribution < -0.4 is 11.1 Å². The summed E-state index contributed by atoms with van der Waals surface area (Å²) in [6.07, 6.45) is 1.14. The van der Waals surface area contributed by atoms with Gasteiger partial charge in [0.1, 0.15) is 0 Å². The van der Waals surface area contributed by atoms with Crippen molar-refractivity contribution in [3.63, 3.8) is 0 Å². The Kier molecular flexibility index (Phi) is 2.73. The van der Waals surface area contributed by atoms with E-state index < -0.39 is 0 Å². The van der Waals surface area contributed by atoms with E-state index in [0.29, 0.717) is 22.7 Å². The molecule has 0 bridgehead atoms. The molecule has 4 heteroatoms. The highest BCUT2D eigenvalue weighted by atomic mass is 16.5. The number of benzene rings is 1. The molecule has 1 unspecified atom stereocenters. The smallest absolute Gasteiger partial charge is 0.337 e. The van der Waals surface area contributed by atoms with Crippen LogP contribution >= 0.6 is 0 Å². The second-order valence-electron chi connectivity index (χ2n) is 5.18. The zero-order chi connectivity index (χ0) is 12.6. The summed E-state index contributed by atoms with van der Waals surface area (Å²) in [5, 5.41) is 3.38. The van der Waals surface area contributed by atoms with Gasteiger partial charge in [0.25, 0.3) is 0 Å². The number of ether oxygens (including phenoxy) is 1. The minimum atomic E-state index is -0.366. The maximum absolute atomic E-state index is 11.3. The van der Waals surface area contributed by atoms with Crippen LogP contribution in [-0.4, -0.2) is 19.1 Å². The van der Waals surface area contributed by atoms with Crippen molar-refractivity contribution in [2.75, 3.05) is 18.2 Å². The third kappa shape index (κ3) is 2.35. The molecule has 4 nitrogen and oxygen atoms in total. The Hall–Kier alpha value is -1.71. The van der Waals surface area contributed by atoms with Crippen molar-refractivity contribution < 1.29 is 9.53 Å². The monoisotopic (exact) mass is 234 g/mol. The van der Waals surface area contributed by atoms with Crippen LogP contribution in [0.4, 0.5) is 11.4 Å². The Morgan fingerprint density at radius 2 is 2.18 bits per heavy atom. The molecule has 1 saturated carbocycles. The van der Waals surface area contributed by atoms with Crippen molar-refractivity contribution in [1.29, 1.82) is 0 Å². The molecule has 0 aliphatic heterocycles. The Bertz CT molecular complexity index is 455. The molecule has 1 aliphatic carbocycles. The summed E-state index contributed by atoms with van der Waals surface area (Å²) in [6.45, 7) is 4.42. The van der Waals surface area contributed by atoms with E-state index >= 15 is 0 Å². The van der Waals surface area contributed by atoms with Gasteiger partial charge in [0.05, 0.1) is 24.0 Å². The fraction of sp³-hybridized carbons (Fsp3) is 0.462. The highest BCUT2D eigenvalue weighted by Gasteiger charge is 2.45. The van der Waals surface area contributed by atoms with Crippen LogP contribution in [0.1, 0.15) is 30.6 Å². The molecule has 1 fully saturated rings. The van der Waals surface area contributed by atoms with E-state index in [9.17, 15) is 4.79 Å². The van der Waals surface area contributed by atoms with E-state index in [0.717, 1.165) is 12.1 Å². The molecule has 0 saturated heterocycles. The zero-order valence-corrected chi connectivity index (χ0v) is 10.4. The van der Waals surface area contributed by atoms with Gasteiger partial charge in [-0.25, -0.2) is 4.79 Å². The van der Waals surface area contributed by atoms with Crippen molar-refractivity contribution in [1.82, 2.24) is 0 Å². The number of rotatable bonds is 3. The summed E-state index contributed by atoms with van der Waals surface area (Å²) in [5.41, 5.74) is 8.19. The molecule has 92 valence electrons. The van der Waals surface area contributed by atoms with Gasteiger partial charge < -0.3 is 15.8 Å². The second-order valence-corrected chi connectivity index (χ2v) is 5.18. The first-order valence-electron chi connectivity index (χ1n) is 5.68. The maximum Gasteiger partial charge on any atom is 0.337 e. The summed E-state index contributed by atoms with van der Waals surface area (Å²) in [4.78, 5) is 11.3. The molecule has 1 aromatic carbocycles. The summed E-state index contributed by atoms with van der Waals surface area (Å²) in [5.74, 6) is -0.366. The summed E-state index contributed by atoms with van der Waals surface area (Å²) in [6, 6.07) is 5.66. The number of carbonyl (C=O) groups is 1. The Morgan fingerprint density at radius 3 is 2.65 bits per heavy atom. The van der Waals surface area contributed by atoms with Gasteiger partial charge in [-0.2, -0.15) is 0 Å². The highest BCUT2D eigenvalue weighted by Crippen LogP contribution is 2.47. The molecule has 0 spiro atoms. The van der Waals surface area contributed by atoms with Gasteiger partial charge in [-0.1, -0.05) is 13.8 Å². The van der Waals surface area contributed by atoms with Crippen LogP contribution in [0.3, 0.4) is 0 Å². The first-order valence-corrected chi connectivity index (χ1v) is 5.68. The van der Waals surface area contributed by atoms with Gasteiger partial charge >= 0.3 is 5.97 Å². The molecule has 2 rings (SSSR count). The average molecular weight is 234 g/mol. The van der Waals surface area contributed by atoms with Gasteiger partial charge in [0.15, 0.2) is 0 Å². The number of nitrogens with one attached hydrogen (secondary N) is 1. The predicted octanol–water partition coefficient (Wildman–Crippen LogP) is 2.27. The number of carbonyl (C=O) groups excluding carboxylic acids is 1. The molecular weight excluding hydrogens is 216 g/mol. The van der Waals surface area contributed by atoms with E-state index in [-0.39, 0.29) is 5.97 Å². The van der Waals surface area contributed by atoms with Gasteiger partial charge in [0.2, 0.25) is 0 Å². The van der Waals surface area contributed by atoms with Crippen LogP contribution in [0.2, 0.25) is 0 Å². The lowest BCUT2D eigenvalue weighted by Crippen LogP contribution is -2.11. The van der Waals surface area contributed by atoms with Crippen LogP contribution in [0, 0.1) is 5.41 Å². The quantitative estimate of drug-likeness (QED) is 0.622. The lowest BCUT2D eigenvalue weighted by Gasteiger charge is -2.11. The number of nitrogens with two attached hydrogens (primary N) is 1. The molecule has 0 heterocycles. The second kappa shape index (κ2) is 3.95. The van der Waals surface area contributed by atoms with Crippen molar-refractivity contribution >= 4 is 17.3 Å². The fourth-order valence-electron chi connectivity index (χ4n) is 1.84. The first kappa shape index (κ1) is 11.8. The Labute approximate surface area is 101 Å². The maximum atomic E-state index is 11.3. The van der Waals surface area contributed by atoms with E-state index in [1.165, 1.54) is 7.11 Å². The molecule has 0 amide bonds. The van der Waals surface area contributed by atoms with Crippen LogP contribution in [0.15, 0.2) is 18.2 Å². The minimum Gasteiger partial charge on any atom is -0.465 e. The van der Waals surface area contributed by atoms with Crippen LogP contribution in [0.25, 0.3) is 0 Å². The van der Waals surface area contributed by atoms with Gasteiger partial charge in [-0.15, -0.1) is 0 Å². The molecule has 1 atom stereocenters. The van der Waals surface area contributed by atoms with Crippen molar-refractivity contribution in [3.05, 3.63) is 23.8 Å². The first-order chi connectivity index (χ1) is 7.94. The Balaban J connectivity index is 2.12. The van der Waals surface area contributed by atoms with E-state index in [1.807, 2.05) is 6.07 Å². The van der Waals surface area contributed by atoms with Gasteiger partial charge in [-0.05, 0) is 30.0 Å². The largest absolute Gasteiger partial charge is 0.465 e. The molecule has 17 heavy (non-hydrogen) atoms. The zero-order valence-electron chi connectivity index (χ0n) is 10.4. The number of hydrogen-bond acceptors (Lipinski definition) is 4. The number of methoxy groups -OCH3 is 1. The van der Waals surface area contributed by atoms with E-state index in [4.69, 9.17) is 5.73 Å². The lowest BCUT2D eigenvalue weighted by atomic mass is 10.1. The number of hydrogen-bond donors (Lipinski definition) is 2. The standard InChI is InChI=1S/C13H18N2O2/c1-13(2)7-11(13)15-10-5-4-8(6-9(10)14)12(16)17-3/h4-6,11,15H,7,14H2,1-3H3. The number of nitrogen functional groups attached to an aromatic ring is 1. The summed E-state index contributed by atoms with van der Waals surface area (Å²) < 4.78 is 4.64. The van der Waals surface area contributed by atoms with Gasteiger partial charge in [-0.3, -0.25) is 0 Å². The Morgan fingerprint density at radius 1 is 1.53 bits per heavy atom. The van der Waals surface area contributed by atoms with Crippen LogP contribution in [-0.2, 0) is 4.74 Å². The third-order valence-electron chi connectivity index (χ3n) is 3.32. The van der Waals surface area contributed by atoms with Crippen molar-refractivity contribution in [2.24, 2.45) is 5.41 Å². The van der Waals surface area contributed by atoms with Crippen molar-refractivity contribution in [2.45, 2.75) is 26.3 Å². The predicted molar refractivity (Wildman–Crippen MR) is 68.0 cm³/mol. The van der Waals surface area contributed by atoms with Gasteiger partial charge in [0, 0.05) is 6.04 Å². The average Bonchev–Trinajstić information content (AvgIpc) is 2.88. The number of anilines is 2. The molecule has 3 N–H and O–H groups in total. The lowest BCUT2D eigenvalue weighted by molar-refractivity contribution is 0.0601. The SMILES string of the molecule is COC(=O)c1ccc(NC2CC2(C)C)c(N)c1. The summed E-state index contributed by atoms with van der Waals surface area (Å²) in [7, 11) is 1.36. The fourth-order valence-corrected chi connectivity index (χ4v) is 1.84. The topological polar surface area (TPSA) is 64.3 Å². The third-order valence-corrected chi connectivity index (χ3v) is 3.32. The van der Waals surface area contributed by atoms with Crippen LogP contribution in [0.5, 0.6) is 0 Å². The van der Waals surface area contributed by atoms with Crippen molar-refractivity contribution in [3.8, 4) is 0 Å². The summed E-state index contributed by atoms with van der Waals surface area (Å²) >= 11 is 0. The number of esters is 1. The minimum absolute atomic E-state index is 0.341. The molecule has 1 aliphatic rings. The van der Waals surface area contributed by atoms with E-state index in [1.54, 1.807) is 12.1 Å². The molecule has 0 aromatic heterocycles. The normalized spacial score (nSPS) is 20.8. The molecule has 0 radical (unpaired) electrons. The van der Waals surface area contributed by atoms with E-state index in [2.05, 4.69) is 23.9 Å².